The van der Waals surface area contributed by atoms with E-state index >= 15 is 0 Å². The van der Waals surface area contributed by atoms with Crippen molar-refractivity contribution >= 4 is 0 Å². The Hall–Kier alpha value is -0.200. The molecule has 0 aliphatic carbocycles. The zero-order chi connectivity index (χ0) is 12.1. The van der Waals surface area contributed by atoms with E-state index in [0.717, 1.165) is 13.1 Å². The van der Waals surface area contributed by atoms with Crippen LogP contribution in [0.25, 0.3) is 0 Å². The lowest BCUT2D eigenvalue weighted by Crippen LogP contribution is -2.30. The second-order valence-corrected chi connectivity index (χ2v) is 3.38. The Morgan fingerprint density at radius 2 is 1.56 bits per heavy atom. The topological polar surface area (TPSA) is 51.2 Å². The van der Waals surface area contributed by atoms with Crippen molar-refractivity contribution in [2.75, 3.05) is 66.4 Å². The molecule has 0 saturated heterocycles. The van der Waals surface area contributed by atoms with Crippen LogP contribution < -0.4 is 0 Å². The van der Waals surface area contributed by atoms with E-state index in [1.165, 1.54) is 0 Å². The van der Waals surface area contributed by atoms with Crippen molar-refractivity contribution in [1.29, 1.82) is 0 Å². The molecule has 0 aliphatic rings. The largest absolute Gasteiger partial charge is 0.395 e. The zero-order valence-corrected chi connectivity index (χ0v) is 10.5. The highest BCUT2D eigenvalue weighted by Gasteiger charge is 2.00. The number of hydrogen-bond acceptors (Lipinski definition) is 5. The summed E-state index contributed by atoms with van der Waals surface area (Å²) in [4.78, 5) is 2.14. The number of likely N-dealkylation sites (N-methyl/N-ethyl adjacent to an activating group) is 1. The summed E-state index contributed by atoms with van der Waals surface area (Å²) >= 11 is 0. The summed E-state index contributed by atoms with van der Waals surface area (Å²) in [6.45, 7) is 7.92. The van der Waals surface area contributed by atoms with Gasteiger partial charge in [-0.25, -0.2) is 0 Å². The molecule has 0 aromatic rings. The Morgan fingerprint density at radius 3 is 2.12 bits per heavy atom. The van der Waals surface area contributed by atoms with Gasteiger partial charge in [-0.1, -0.05) is 6.92 Å². The van der Waals surface area contributed by atoms with Gasteiger partial charge in [-0.3, -0.25) is 4.90 Å². The second kappa shape index (κ2) is 12.9. The van der Waals surface area contributed by atoms with E-state index in [1.54, 1.807) is 7.11 Å². The van der Waals surface area contributed by atoms with E-state index in [0.29, 0.717) is 39.6 Å². The molecule has 5 nitrogen and oxygen atoms in total. The minimum atomic E-state index is 0.202. The summed E-state index contributed by atoms with van der Waals surface area (Å²) < 4.78 is 15.5. The Balaban J connectivity index is 3.12. The summed E-state index contributed by atoms with van der Waals surface area (Å²) in [7, 11) is 1.65. The van der Waals surface area contributed by atoms with Gasteiger partial charge in [-0.05, 0) is 6.54 Å². The van der Waals surface area contributed by atoms with Gasteiger partial charge in [0.25, 0.3) is 0 Å². The lowest BCUT2D eigenvalue weighted by Gasteiger charge is -2.18. The van der Waals surface area contributed by atoms with E-state index in [4.69, 9.17) is 19.3 Å². The average molecular weight is 235 g/mol. The first-order valence-corrected chi connectivity index (χ1v) is 5.82. The maximum Gasteiger partial charge on any atom is 0.0701 e. The van der Waals surface area contributed by atoms with Gasteiger partial charge in [0, 0.05) is 20.2 Å². The summed E-state index contributed by atoms with van der Waals surface area (Å²) in [6.07, 6.45) is 0. The summed E-state index contributed by atoms with van der Waals surface area (Å²) in [6, 6.07) is 0. The smallest absolute Gasteiger partial charge is 0.0701 e. The average Bonchev–Trinajstić information content (AvgIpc) is 2.31. The van der Waals surface area contributed by atoms with Crippen molar-refractivity contribution in [3.05, 3.63) is 0 Å². The quantitative estimate of drug-likeness (QED) is 0.482. The first kappa shape index (κ1) is 15.8. The molecule has 0 unspecified atom stereocenters. The SMILES string of the molecule is CCN(CCO)CCOCCOCCOC. The Bertz CT molecular complexity index is 135. The molecule has 98 valence electrons. The molecule has 0 radical (unpaired) electrons. The Labute approximate surface area is 98.3 Å². The van der Waals surface area contributed by atoms with Crippen molar-refractivity contribution in [2.24, 2.45) is 0 Å². The summed E-state index contributed by atoms with van der Waals surface area (Å²) in [5, 5.41) is 8.78. The Morgan fingerprint density at radius 1 is 0.938 bits per heavy atom. The first-order valence-electron chi connectivity index (χ1n) is 5.82. The van der Waals surface area contributed by atoms with Gasteiger partial charge < -0.3 is 19.3 Å². The maximum atomic E-state index is 8.78. The molecule has 0 aromatic heterocycles. The minimum absolute atomic E-state index is 0.202. The molecule has 0 saturated carbocycles. The molecule has 0 bridgehead atoms. The molecule has 0 amide bonds. The molecule has 16 heavy (non-hydrogen) atoms. The van der Waals surface area contributed by atoms with Crippen LogP contribution in [0.3, 0.4) is 0 Å². The molecule has 0 atom stereocenters. The zero-order valence-electron chi connectivity index (χ0n) is 10.5. The van der Waals surface area contributed by atoms with Crippen molar-refractivity contribution in [2.45, 2.75) is 6.92 Å². The van der Waals surface area contributed by atoms with Crippen LogP contribution in [0.1, 0.15) is 6.92 Å². The van der Waals surface area contributed by atoms with Gasteiger partial charge >= 0.3 is 0 Å². The fourth-order valence-corrected chi connectivity index (χ4v) is 1.23. The molecule has 5 heteroatoms. The molecule has 0 heterocycles. The van der Waals surface area contributed by atoms with E-state index in [1.807, 2.05) is 0 Å². The van der Waals surface area contributed by atoms with E-state index in [2.05, 4.69) is 11.8 Å². The number of methoxy groups -OCH3 is 1. The lowest BCUT2D eigenvalue weighted by molar-refractivity contribution is 0.0189. The number of aliphatic hydroxyl groups is 1. The molecule has 0 aromatic carbocycles. The van der Waals surface area contributed by atoms with E-state index in [9.17, 15) is 0 Å². The third-order valence-electron chi connectivity index (χ3n) is 2.22. The Kier molecular flexibility index (Phi) is 12.7. The lowest BCUT2D eigenvalue weighted by atomic mass is 10.5. The van der Waals surface area contributed by atoms with Gasteiger partial charge in [0.15, 0.2) is 0 Å². The monoisotopic (exact) mass is 235 g/mol. The molecular weight excluding hydrogens is 210 g/mol. The predicted octanol–water partition coefficient (Wildman–Crippen LogP) is -0.0198. The number of hydrogen-bond donors (Lipinski definition) is 1. The second-order valence-electron chi connectivity index (χ2n) is 3.38. The van der Waals surface area contributed by atoms with Crippen molar-refractivity contribution in [3.63, 3.8) is 0 Å². The number of nitrogens with zero attached hydrogens (tertiary/aromatic N) is 1. The van der Waals surface area contributed by atoms with Crippen molar-refractivity contribution < 1.29 is 19.3 Å². The van der Waals surface area contributed by atoms with Crippen LogP contribution in [0.4, 0.5) is 0 Å². The van der Waals surface area contributed by atoms with Crippen molar-refractivity contribution in [1.82, 2.24) is 4.90 Å². The third-order valence-corrected chi connectivity index (χ3v) is 2.22. The van der Waals surface area contributed by atoms with Crippen LogP contribution in [0.15, 0.2) is 0 Å². The molecular formula is C11H25NO4. The normalized spacial score (nSPS) is 11.2. The van der Waals surface area contributed by atoms with Crippen LogP contribution in [-0.4, -0.2) is 76.4 Å². The van der Waals surface area contributed by atoms with Gasteiger partial charge in [0.05, 0.1) is 39.6 Å². The van der Waals surface area contributed by atoms with E-state index < -0.39 is 0 Å². The van der Waals surface area contributed by atoms with Crippen LogP contribution in [0.5, 0.6) is 0 Å². The van der Waals surface area contributed by atoms with Crippen molar-refractivity contribution in [3.8, 4) is 0 Å². The predicted molar refractivity (Wildman–Crippen MR) is 62.7 cm³/mol. The minimum Gasteiger partial charge on any atom is -0.395 e. The van der Waals surface area contributed by atoms with Gasteiger partial charge in [-0.15, -0.1) is 0 Å². The molecule has 1 N–H and O–H groups in total. The molecule has 0 rings (SSSR count). The summed E-state index contributed by atoms with van der Waals surface area (Å²) in [5.41, 5.74) is 0. The summed E-state index contributed by atoms with van der Waals surface area (Å²) in [5.74, 6) is 0. The number of ether oxygens (including phenoxy) is 3. The van der Waals surface area contributed by atoms with E-state index in [-0.39, 0.29) is 6.61 Å². The molecule has 0 aliphatic heterocycles. The van der Waals surface area contributed by atoms with Crippen LogP contribution in [-0.2, 0) is 14.2 Å². The maximum absolute atomic E-state index is 8.78. The first-order chi connectivity index (χ1) is 7.85. The van der Waals surface area contributed by atoms with Crippen LogP contribution >= 0.6 is 0 Å². The van der Waals surface area contributed by atoms with Gasteiger partial charge in [0.2, 0.25) is 0 Å². The highest BCUT2D eigenvalue weighted by atomic mass is 16.5. The number of aliphatic hydroxyl groups excluding tert-OH is 1. The third kappa shape index (κ3) is 10.3. The highest BCUT2D eigenvalue weighted by Crippen LogP contribution is 1.87. The fraction of sp³-hybridized carbons (Fsp3) is 1.00. The highest BCUT2D eigenvalue weighted by molar-refractivity contribution is 4.52. The van der Waals surface area contributed by atoms with Crippen LogP contribution in [0.2, 0.25) is 0 Å². The molecule has 0 spiro atoms. The standard InChI is InChI=1S/C11H25NO4/c1-3-12(4-6-13)5-7-15-10-11-16-9-8-14-2/h13H,3-11H2,1-2H3. The van der Waals surface area contributed by atoms with Gasteiger partial charge in [-0.2, -0.15) is 0 Å². The molecule has 0 fully saturated rings. The fourth-order valence-electron chi connectivity index (χ4n) is 1.23. The number of rotatable bonds is 12. The van der Waals surface area contributed by atoms with Gasteiger partial charge in [0.1, 0.15) is 0 Å². The van der Waals surface area contributed by atoms with Crippen LogP contribution in [0, 0.1) is 0 Å².